The molecule has 0 saturated heterocycles. The number of methoxy groups -OCH3 is 2. The third-order valence-electron chi connectivity index (χ3n) is 4.03. The molecule has 0 spiro atoms. The van der Waals surface area contributed by atoms with E-state index in [9.17, 15) is 8.42 Å². The lowest BCUT2D eigenvalue weighted by atomic mass is 10.2. The van der Waals surface area contributed by atoms with Gasteiger partial charge < -0.3 is 9.47 Å². The van der Waals surface area contributed by atoms with E-state index in [-0.39, 0.29) is 18.0 Å². The summed E-state index contributed by atoms with van der Waals surface area (Å²) in [7, 11) is -0.797. The van der Waals surface area contributed by atoms with E-state index in [4.69, 9.17) is 14.7 Å². The Morgan fingerprint density at radius 2 is 1.89 bits per heavy atom. The van der Waals surface area contributed by atoms with E-state index < -0.39 is 10.0 Å². The van der Waals surface area contributed by atoms with Crippen LogP contribution in [0.3, 0.4) is 0 Å². The number of hydrogen-bond donors (Lipinski definition) is 0. The molecule has 1 aromatic carbocycles. The molecule has 0 N–H and O–H groups in total. The second kappa shape index (κ2) is 9.90. The quantitative estimate of drug-likeness (QED) is 0.580. The molecule has 0 aliphatic carbocycles. The van der Waals surface area contributed by atoms with Gasteiger partial charge in [0.1, 0.15) is 0 Å². The molecule has 0 radical (unpaired) electrons. The van der Waals surface area contributed by atoms with Crippen molar-refractivity contribution in [3.63, 3.8) is 0 Å². The zero-order valence-electron chi connectivity index (χ0n) is 15.5. The summed E-state index contributed by atoms with van der Waals surface area (Å²) in [6.45, 7) is 0.538. The smallest absolute Gasteiger partial charge is 0.243 e. The van der Waals surface area contributed by atoms with Gasteiger partial charge in [0, 0.05) is 43.9 Å². The first-order valence-electron chi connectivity index (χ1n) is 8.52. The number of aromatic nitrogens is 1. The van der Waals surface area contributed by atoms with Crippen LogP contribution in [0.5, 0.6) is 11.5 Å². The predicted molar refractivity (Wildman–Crippen MR) is 101 cm³/mol. The van der Waals surface area contributed by atoms with E-state index in [0.717, 1.165) is 5.69 Å². The Morgan fingerprint density at radius 1 is 1.11 bits per heavy atom. The van der Waals surface area contributed by atoms with Gasteiger partial charge in [-0.25, -0.2) is 8.42 Å². The van der Waals surface area contributed by atoms with Crippen molar-refractivity contribution in [3.05, 3.63) is 48.3 Å². The van der Waals surface area contributed by atoms with Crippen molar-refractivity contribution in [3.8, 4) is 17.6 Å². The number of benzene rings is 1. The second-order valence-corrected chi connectivity index (χ2v) is 7.69. The van der Waals surface area contributed by atoms with Gasteiger partial charge in [0.25, 0.3) is 0 Å². The highest BCUT2D eigenvalue weighted by molar-refractivity contribution is 7.89. The highest BCUT2D eigenvalue weighted by Gasteiger charge is 2.25. The van der Waals surface area contributed by atoms with E-state index >= 15 is 0 Å². The molecular formula is C19H23N3O4S. The second-order valence-electron chi connectivity index (χ2n) is 5.75. The van der Waals surface area contributed by atoms with Crippen molar-refractivity contribution >= 4 is 10.0 Å². The van der Waals surface area contributed by atoms with E-state index in [2.05, 4.69) is 11.1 Å². The Morgan fingerprint density at radius 3 is 2.52 bits per heavy atom. The number of sulfonamides is 1. The van der Waals surface area contributed by atoms with Crippen LogP contribution in [-0.2, 0) is 16.4 Å². The molecule has 2 aromatic rings. The summed E-state index contributed by atoms with van der Waals surface area (Å²) >= 11 is 0. The summed E-state index contributed by atoms with van der Waals surface area (Å²) in [5.74, 6) is 0.807. The Bertz CT molecular complexity index is 880. The molecule has 144 valence electrons. The molecule has 1 heterocycles. The summed E-state index contributed by atoms with van der Waals surface area (Å²) in [6, 6.07) is 12.1. The SMILES string of the molecule is COc1ccc(S(=O)(=O)N(CCCC#N)CCc2ccccn2)cc1OC. The first-order chi connectivity index (χ1) is 13.0. The molecule has 27 heavy (non-hydrogen) atoms. The highest BCUT2D eigenvalue weighted by Crippen LogP contribution is 2.30. The van der Waals surface area contributed by atoms with Crippen LogP contribution >= 0.6 is 0 Å². The number of hydrogen-bond acceptors (Lipinski definition) is 6. The summed E-state index contributed by atoms with van der Waals surface area (Å²) in [4.78, 5) is 4.36. The summed E-state index contributed by atoms with van der Waals surface area (Å²) in [5.41, 5.74) is 0.810. The zero-order valence-corrected chi connectivity index (χ0v) is 16.3. The Labute approximate surface area is 160 Å². The van der Waals surface area contributed by atoms with Crippen LogP contribution in [0, 0.1) is 11.3 Å². The third-order valence-corrected chi connectivity index (χ3v) is 5.93. The van der Waals surface area contributed by atoms with Gasteiger partial charge in [-0.3, -0.25) is 4.98 Å². The standard InChI is InChI=1S/C19H23N3O4S/c1-25-18-9-8-17(15-19(18)26-2)27(23,24)22(13-6-4-11-20)14-10-16-7-3-5-12-21-16/h3,5,7-9,12,15H,4,6,10,13-14H2,1-2H3. The number of rotatable bonds is 10. The first-order valence-corrected chi connectivity index (χ1v) is 9.96. The molecule has 0 unspecified atom stereocenters. The molecule has 0 amide bonds. The number of nitrogens with zero attached hydrogens (tertiary/aromatic N) is 3. The summed E-state index contributed by atoms with van der Waals surface area (Å²) in [6.07, 6.45) is 2.92. The van der Waals surface area contributed by atoms with Crippen LogP contribution in [0.25, 0.3) is 0 Å². The monoisotopic (exact) mass is 389 g/mol. The van der Waals surface area contributed by atoms with Crippen molar-refractivity contribution in [2.75, 3.05) is 27.3 Å². The maximum atomic E-state index is 13.1. The third kappa shape index (κ3) is 5.42. The molecule has 0 bridgehead atoms. The van der Waals surface area contributed by atoms with Gasteiger partial charge in [-0.2, -0.15) is 9.57 Å². The summed E-state index contributed by atoms with van der Waals surface area (Å²) in [5, 5.41) is 8.77. The number of unbranched alkanes of at least 4 members (excludes halogenated alkanes) is 1. The van der Waals surface area contributed by atoms with Crippen LogP contribution in [0.15, 0.2) is 47.5 Å². The van der Waals surface area contributed by atoms with Crippen LogP contribution < -0.4 is 9.47 Å². The summed E-state index contributed by atoms with van der Waals surface area (Å²) < 4.78 is 38.1. The molecule has 0 saturated carbocycles. The topological polar surface area (TPSA) is 92.5 Å². The van der Waals surface area contributed by atoms with Gasteiger partial charge in [0.05, 0.1) is 25.2 Å². The van der Waals surface area contributed by atoms with Gasteiger partial charge in [-0.05, 0) is 30.7 Å². The van der Waals surface area contributed by atoms with Crippen molar-refractivity contribution in [2.45, 2.75) is 24.2 Å². The molecular weight excluding hydrogens is 366 g/mol. The molecule has 0 fully saturated rings. The minimum Gasteiger partial charge on any atom is -0.493 e. The van der Waals surface area contributed by atoms with Crippen molar-refractivity contribution in [2.24, 2.45) is 0 Å². The van der Waals surface area contributed by atoms with Gasteiger partial charge in [-0.1, -0.05) is 6.07 Å². The number of ether oxygens (including phenoxy) is 2. The molecule has 7 nitrogen and oxygen atoms in total. The van der Waals surface area contributed by atoms with Crippen LogP contribution in [0.4, 0.5) is 0 Å². The van der Waals surface area contributed by atoms with Gasteiger partial charge >= 0.3 is 0 Å². The lowest BCUT2D eigenvalue weighted by molar-refractivity contribution is 0.353. The molecule has 2 rings (SSSR count). The first kappa shape index (κ1) is 20.7. The predicted octanol–water partition coefficient (Wildman–Crippen LogP) is 2.64. The Hall–Kier alpha value is -2.63. The van der Waals surface area contributed by atoms with Gasteiger partial charge in [-0.15, -0.1) is 0 Å². The van der Waals surface area contributed by atoms with E-state index in [1.54, 1.807) is 12.3 Å². The Kier molecular flexibility index (Phi) is 7.58. The lowest BCUT2D eigenvalue weighted by Gasteiger charge is -2.22. The highest BCUT2D eigenvalue weighted by atomic mass is 32.2. The number of pyridine rings is 1. The van der Waals surface area contributed by atoms with Crippen molar-refractivity contribution in [1.29, 1.82) is 5.26 Å². The Balaban J connectivity index is 2.27. The van der Waals surface area contributed by atoms with Crippen LogP contribution in [0.1, 0.15) is 18.5 Å². The minimum absolute atomic E-state index is 0.123. The van der Waals surface area contributed by atoms with Gasteiger partial charge in [0.15, 0.2) is 11.5 Å². The zero-order chi connectivity index (χ0) is 19.7. The minimum atomic E-state index is -3.75. The molecule has 8 heteroatoms. The average Bonchev–Trinajstić information content (AvgIpc) is 2.70. The molecule has 1 aromatic heterocycles. The normalized spacial score (nSPS) is 11.2. The maximum absolute atomic E-state index is 13.1. The van der Waals surface area contributed by atoms with Gasteiger partial charge in [0.2, 0.25) is 10.0 Å². The van der Waals surface area contributed by atoms with Crippen LogP contribution in [0.2, 0.25) is 0 Å². The van der Waals surface area contributed by atoms with Crippen LogP contribution in [-0.4, -0.2) is 45.0 Å². The fourth-order valence-electron chi connectivity index (χ4n) is 2.60. The fourth-order valence-corrected chi connectivity index (χ4v) is 4.09. The van der Waals surface area contributed by atoms with Crippen molar-refractivity contribution in [1.82, 2.24) is 9.29 Å². The van der Waals surface area contributed by atoms with Crippen molar-refractivity contribution < 1.29 is 17.9 Å². The molecule has 0 aliphatic rings. The largest absolute Gasteiger partial charge is 0.493 e. The number of nitriles is 1. The van der Waals surface area contributed by atoms with E-state index in [1.807, 2.05) is 18.2 Å². The average molecular weight is 389 g/mol. The lowest BCUT2D eigenvalue weighted by Crippen LogP contribution is -2.34. The maximum Gasteiger partial charge on any atom is 0.243 e. The molecule has 0 atom stereocenters. The van der Waals surface area contributed by atoms with E-state index in [0.29, 0.717) is 30.8 Å². The fraction of sp³-hybridized carbons (Fsp3) is 0.368. The van der Waals surface area contributed by atoms with E-state index in [1.165, 1.54) is 30.7 Å². The molecule has 0 aliphatic heterocycles.